The number of nitrogens with one attached hydrogen (secondary N) is 3. The molecule has 1 aliphatic rings. The first-order valence-corrected chi connectivity index (χ1v) is 14.0. The Morgan fingerprint density at radius 2 is 1.83 bits per heavy atom. The highest BCUT2D eigenvalue weighted by molar-refractivity contribution is 5.98. The Balaban J connectivity index is 1.25. The number of benzene rings is 2. The second-order valence-electron chi connectivity index (χ2n) is 11.1. The van der Waals surface area contributed by atoms with Gasteiger partial charge in [-0.05, 0) is 72.6 Å². The van der Waals surface area contributed by atoms with Crippen LogP contribution in [0.1, 0.15) is 25.8 Å². The van der Waals surface area contributed by atoms with E-state index in [1.807, 2.05) is 44.2 Å². The quantitative estimate of drug-likeness (QED) is 0.215. The Labute approximate surface area is 241 Å². The van der Waals surface area contributed by atoms with E-state index in [4.69, 9.17) is 4.98 Å². The van der Waals surface area contributed by atoms with E-state index in [9.17, 15) is 9.18 Å². The van der Waals surface area contributed by atoms with Gasteiger partial charge >= 0.3 is 0 Å². The molecule has 0 spiro atoms. The van der Waals surface area contributed by atoms with Crippen LogP contribution in [0.25, 0.3) is 55.7 Å². The minimum Gasteiger partial charge on any atom is -0.335 e. The molecule has 5 heterocycles. The minimum absolute atomic E-state index is 0.0640. The van der Waals surface area contributed by atoms with Crippen LogP contribution in [-0.2, 0) is 11.3 Å². The molecule has 42 heavy (non-hydrogen) atoms. The zero-order valence-corrected chi connectivity index (χ0v) is 23.3. The number of imidazole rings is 1. The number of pyridine rings is 2. The summed E-state index contributed by atoms with van der Waals surface area (Å²) in [5.74, 6) is 0.108. The van der Waals surface area contributed by atoms with Gasteiger partial charge in [0.1, 0.15) is 11.5 Å². The van der Waals surface area contributed by atoms with Gasteiger partial charge in [0.15, 0.2) is 5.82 Å². The van der Waals surface area contributed by atoms with Crippen LogP contribution in [0.5, 0.6) is 0 Å². The highest BCUT2D eigenvalue weighted by atomic mass is 19.1. The fourth-order valence-corrected chi connectivity index (χ4v) is 5.28. The molecule has 0 aliphatic carbocycles. The van der Waals surface area contributed by atoms with E-state index in [-0.39, 0.29) is 17.6 Å². The molecule has 4 aromatic heterocycles. The first-order valence-electron chi connectivity index (χ1n) is 14.0. The summed E-state index contributed by atoms with van der Waals surface area (Å²) in [5, 5.41) is 11.5. The lowest BCUT2D eigenvalue weighted by atomic mass is 10.0. The number of aromatic amines is 2. The Morgan fingerprint density at radius 1 is 0.976 bits per heavy atom. The van der Waals surface area contributed by atoms with Crippen LogP contribution in [0.3, 0.4) is 0 Å². The maximum absolute atomic E-state index is 14.7. The molecule has 6 aromatic rings. The predicted octanol–water partition coefficient (Wildman–Crippen LogP) is 6.17. The van der Waals surface area contributed by atoms with Crippen LogP contribution in [0.4, 0.5) is 10.1 Å². The van der Waals surface area contributed by atoms with E-state index >= 15 is 0 Å². The number of rotatable bonds is 7. The van der Waals surface area contributed by atoms with E-state index in [0.717, 1.165) is 63.9 Å². The molecule has 9 nitrogen and oxygen atoms in total. The molecule has 10 heteroatoms. The number of hydrogen-bond acceptors (Lipinski definition) is 6. The monoisotopic (exact) mass is 560 g/mol. The Bertz CT molecular complexity index is 1960. The highest BCUT2D eigenvalue weighted by Gasteiger charge is 2.19. The average Bonchev–Trinajstić information content (AvgIpc) is 3.58. The van der Waals surface area contributed by atoms with Crippen LogP contribution >= 0.6 is 0 Å². The van der Waals surface area contributed by atoms with E-state index in [0.29, 0.717) is 22.7 Å². The first kappa shape index (κ1) is 26.0. The third kappa shape index (κ3) is 4.90. The molecular weight excluding hydrogens is 531 g/mol. The summed E-state index contributed by atoms with van der Waals surface area (Å²) in [4.78, 5) is 31.5. The van der Waals surface area contributed by atoms with Crippen LogP contribution in [0.2, 0.25) is 0 Å². The van der Waals surface area contributed by atoms with Gasteiger partial charge < -0.3 is 10.3 Å². The van der Waals surface area contributed by atoms with Gasteiger partial charge in [0.05, 0.1) is 34.6 Å². The molecule has 0 saturated carbocycles. The SMILES string of the molecule is CC(C)C(=O)Nc1cncc(-c2ccc3[nH]nc(-c4nc5c(-c6cc(F)cc(CN7CCC7)c6)cncc5[nH]4)c3c2)c1. The number of carbonyl (C=O) groups excluding carboxylic acids is 1. The maximum Gasteiger partial charge on any atom is 0.226 e. The fourth-order valence-electron chi connectivity index (χ4n) is 5.28. The number of halogens is 1. The smallest absolute Gasteiger partial charge is 0.226 e. The molecule has 0 bridgehead atoms. The summed E-state index contributed by atoms with van der Waals surface area (Å²) in [6.45, 7) is 6.51. The summed E-state index contributed by atoms with van der Waals surface area (Å²) >= 11 is 0. The molecular formula is C32H29FN8O. The van der Waals surface area contributed by atoms with E-state index in [2.05, 4.69) is 35.4 Å². The van der Waals surface area contributed by atoms with Crippen molar-refractivity contribution in [2.75, 3.05) is 18.4 Å². The average molecular weight is 561 g/mol. The van der Waals surface area contributed by atoms with Gasteiger partial charge in [0, 0.05) is 41.4 Å². The molecule has 210 valence electrons. The Kier molecular flexibility index (Phi) is 6.47. The number of likely N-dealkylation sites (tertiary alicyclic amines) is 1. The summed E-state index contributed by atoms with van der Waals surface area (Å²) in [7, 11) is 0. The van der Waals surface area contributed by atoms with Gasteiger partial charge in [-0.1, -0.05) is 19.9 Å². The molecule has 1 fully saturated rings. The van der Waals surface area contributed by atoms with Crippen LogP contribution in [0, 0.1) is 11.7 Å². The summed E-state index contributed by atoms with van der Waals surface area (Å²) < 4.78 is 14.7. The predicted molar refractivity (Wildman–Crippen MR) is 161 cm³/mol. The van der Waals surface area contributed by atoms with Gasteiger partial charge in [0.2, 0.25) is 5.91 Å². The summed E-state index contributed by atoms with van der Waals surface area (Å²) in [5.41, 5.74) is 7.81. The van der Waals surface area contributed by atoms with Crippen molar-refractivity contribution in [3.8, 4) is 33.8 Å². The van der Waals surface area contributed by atoms with Gasteiger partial charge in [-0.25, -0.2) is 9.37 Å². The van der Waals surface area contributed by atoms with Crippen LogP contribution < -0.4 is 5.32 Å². The van der Waals surface area contributed by atoms with Crippen molar-refractivity contribution in [2.45, 2.75) is 26.8 Å². The zero-order valence-electron chi connectivity index (χ0n) is 23.3. The van der Waals surface area contributed by atoms with Crippen LogP contribution in [0.15, 0.2) is 67.3 Å². The van der Waals surface area contributed by atoms with Crippen molar-refractivity contribution < 1.29 is 9.18 Å². The number of aromatic nitrogens is 6. The lowest BCUT2D eigenvalue weighted by Crippen LogP contribution is -2.36. The molecule has 1 amide bonds. The lowest BCUT2D eigenvalue weighted by Gasteiger charge is -2.30. The van der Waals surface area contributed by atoms with Crippen molar-refractivity contribution in [3.05, 3.63) is 78.6 Å². The lowest BCUT2D eigenvalue weighted by molar-refractivity contribution is -0.118. The molecule has 0 atom stereocenters. The van der Waals surface area contributed by atoms with E-state index in [1.54, 1.807) is 30.9 Å². The molecule has 7 rings (SSSR count). The van der Waals surface area contributed by atoms with Gasteiger partial charge in [-0.15, -0.1) is 0 Å². The highest BCUT2D eigenvalue weighted by Crippen LogP contribution is 2.34. The number of anilines is 1. The number of amides is 1. The van der Waals surface area contributed by atoms with Crippen molar-refractivity contribution in [2.24, 2.45) is 5.92 Å². The largest absolute Gasteiger partial charge is 0.335 e. The molecule has 1 saturated heterocycles. The molecule has 3 N–H and O–H groups in total. The van der Waals surface area contributed by atoms with Crippen molar-refractivity contribution in [3.63, 3.8) is 0 Å². The number of fused-ring (bicyclic) bond motifs is 2. The van der Waals surface area contributed by atoms with Crippen molar-refractivity contribution >= 4 is 33.5 Å². The number of carbonyl (C=O) groups is 1. The van der Waals surface area contributed by atoms with Crippen LogP contribution in [-0.4, -0.2) is 54.0 Å². The second kappa shape index (κ2) is 10.5. The van der Waals surface area contributed by atoms with Crippen molar-refractivity contribution in [1.29, 1.82) is 0 Å². The maximum atomic E-state index is 14.7. The van der Waals surface area contributed by atoms with Gasteiger partial charge in [0.25, 0.3) is 0 Å². The third-order valence-electron chi connectivity index (χ3n) is 7.67. The molecule has 0 radical (unpaired) electrons. The number of hydrogen-bond donors (Lipinski definition) is 3. The summed E-state index contributed by atoms with van der Waals surface area (Å²) in [6, 6.07) is 13.0. The van der Waals surface area contributed by atoms with Gasteiger partial charge in [-0.3, -0.25) is 24.8 Å². The second-order valence-corrected chi connectivity index (χ2v) is 11.1. The minimum atomic E-state index is -0.274. The number of H-pyrrole nitrogens is 2. The third-order valence-corrected chi connectivity index (χ3v) is 7.67. The van der Waals surface area contributed by atoms with E-state index < -0.39 is 0 Å². The Morgan fingerprint density at radius 3 is 2.64 bits per heavy atom. The fraction of sp³-hybridized carbons (Fsp3) is 0.219. The standard InChI is InChI=1S/C32H29FN8O/c1-18(2)32(42)36-24-11-22(13-34-14-24)20-4-5-27-25(12-20)30(40-39-27)31-37-28-16-35-15-26(29(28)38-31)21-8-19(9-23(33)10-21)17-41-6-3-7-41/h4-5,8-16,18H,3,6-7,17H2,1-2H3,(H,36,42)(H,37,38)(H,39,40). The normalized spacial score (nSPS) is 13.6. The molecule has 1 aliphatic heterocycles. The summed E-state index contributed by atoms with van der Waals surface area (Å²) in [6.07, 6.45) is 8.04. The topological polar surface area (TPSA) is 115 Å². The zero-order chi connectivity index (χ0) is 28.8. The van der Waals surface area contributed by atoms with Gasteiger partial charge in [-0.2, -0.15) is 5.10 Å². The molecule has 0 unspecified atom stereocenters. The first-order chi connectivity index (χ1) is 20.4. The molecule has 2 aromatic carbocycles. The number of nitrogens with zero attached hydrogens (tertiary/aromatic N) is 5. The van der Waals surface area contributed by atoms with Crippen molar-refractivity contribution in [1.82, 2.24) is 35.0 Å². The Hall–Kier alpha value is -4.96. The van der Waals surface area contributed by atoms with E-state index in [1.165, 1.54) is 12.5 Å².